The van der Waals surface area contributed by atoms with Crippen molar-refractivity contribution in [3.63, 3.8) is 0 Å². The Hall–Kier alpha value is 11.7. The summed E-state index contributed by atoms with van der Waals surface area (Å²) in [7, 11) is 0. The average Bonchev–Trinajstić information content (AvgIpc) is 1.37. The number of ether oxygens (including phenoxy) is 13. The highest BCUT2D eigenvalue weighted by molar-refractivity contribution is 8.06. The molecular weight excluding hydrogens is 2220 g/mol. The second-order valence-corrected chi connectivity index (χ2v) is 46.6. The maximum absolute atomic E-state index is 5.44. The van der Waals surface area contributed by atoms with Crippen LogP contribution in [0.25, 0.3) is 0 Å². The van der Waals surface area contributed by atoms with E-state index in [0.717, 1.165) is 287 Å². The van der Waals surface area contributed by atoms with Crippen molar-refractivity contribution in [1.82, 2.24) is 0 Å². The Morgan fingerprint density at radius 1 is 0.0820 bits per heavy atom. The van der Waals surface area contributed by atoms with Crippen LogP contribution in [0.15, 0.2) is 0 Å². The summed E-state index contributed by atoms with van der Waals surface area (Å²) in [6.45, 7) is 19.1. The first-order valence-corrected chi connectivity index (χ1v) is 69.4. The highest BCUT2D eigenvalue weighted by atomic mass is 32.2. The molecule has 0 aliphatic heterocycles. The van der Waals surface area contributed by atoms with Crippen molar-refractivity contribution in [3.8, 4) is 0 Å². The summed E-state index contributed by atoms with van der Waals surface area (Å²) < 4.78 is 67.7. The number of hydrogen-bond donors (Lipinski definition) is 22. The Labute approximate surface area is 927 Å². The summed E-state index contributed by atoms with van der Waals surface area (Å²) in [5, 5.41) is 0. The minimum Gasteiger partial charge on any atom is -0.380 e. The van der Waals surface area contributed by atoms with E-state index in [1.165, 1.54) is 74.8 Å². The largest absolute Gasteiger partial charge is 0.380 e. The van der Waals surface area contributed by atoms with Crippen LogP contribution in [0.1, 0.15) is 0 Å². The zero-order valence-electron chi connectivity index (χ0n) is 72.8. The van der Waals surface area contributed by atoms with E-state index in [1.807, 2.05) is 141 Å². The molecule has 0 aromatic rings. The summed E-state index contributed by atoms with van der Waals surface area (Å²) >= 11 is 115. The predicted octanol–water partition coefficient (Wildman–Crippen LogP) is 19.1. The molecule has 754 valence electrons. The Balaban J connectivity index is -0.000000124. The van der Waals surface area contributed by atoms with E-state index in [0.29, 0.717) is 85.9 Å². The summed E-state index contributed by atoms with van der Waals surface area (Å²) in [4.78, 5) is 0. The first-order chi connectivity index (χ1) is 60.1. The third-order valence-corrected chi connectivity index (χ3v) is 32.1. The van der Waals surface area contributed by atoms with E-state index in [4.69, 9.17) is 61.6 Å². The molecule has 0 spiro atoms. The molecule has 0 saturated carbocycles. The summed E-state index contributed by atoms with van der Waals surface area (Å²) in [5.74, 6) is 49.8. The zero-order valence-corrected chi connectivity index (χ0v) is 103. The third kappa shape index (κ3) is 222. The van der Waals surface area contributed by atoms with Gasteiger partial charge in [-0.2, -0.15) is 431 Å². The summed E-state index contributed by atoms with van der Waals surface area (Å²) in [6, 6.07) is 0. The van der Waals surface area contributed by atoms with Gasteiger partial charge in [-0.15, -0.1) is 0 Å². The molecule has 0 heterocycles. The molecule has 0 bridgehead atoms. The number of rotatable bonds is 89. The van der Waals surface area contributed by atoms with Gasteiger partial charge in [0.05, 0.1) is 172 Å². The van der Waals surface area contributed by atoms with Gasteiger partial charge in [0.15, 0.2) is 0 Å². The van der Waals surface area contributed by atoms with Crippen molar-refractivity contribution >= 4 is 431 Å². The van der Waals surface area contributed by atoms with Crippen LogP contribution in [-0.2, 0) is 61.6 Å². The Kier molecular flexibility index (Phi) is 237. The molecule has 122 heavy (non-hydrogen) atoms. The maximum Gasteiger partial charge on any atom is 0.0701 e. The Morgan fingerprint density at radius 3 is 0.311 bits per heavy atom. The summed E-state index contributed by atoms with van der Waals surface area (Å²) in [5.41, 5.74) is 0. The minimum atomic E-state index is 0.623. The van der Waals surface area contributed by atoms with Crippen molar-refractivity contribution in [1.29, 1.82) is 0 Å². The summed E-state index contributed by atoms with van der Waals surface area (Å²) in [6.07, 6.45) is 0. The highest BCUT2D eigenvalue weighted by Gasteiger charge is 1.98. The zero-order chi connectivity index (χ0) is 92.7. The third-order valence-electron chi connectivity index (χ3n) is 10.8. The molecule has 0 saturated heterocycles. The molecule has 0 aliphatic rings. The lowest BCUT2D eigenvalue weighted by Crippen LogP contribution is -2.10. The number of thioether (sulfide) groups is 13. The lowest BCUT2D eigenvalue weighted by atomic mass is 10.7. The van der Waals surface area contributed by atoms with Gasteiger partial charge in [-0.1, -0.05) is 0 Å². The van der Waals surface area contributed by atoms with Gasteiger partial charge in [0.25, 0.3) is 0 Å². The average molecular weight is 2390 g/mol. The van der Waals surface area contributed by atoms with Crippen LogP contribution in [-0.4, -0.2) is 448 Å². The number of thiol groups is 22. The second-order valence-electron chi connectivity index (χ2n) is 20.8. The van der Waals surface area contributed by atoms with Crippen molar-refractivity contribution in [3.05, 3.63) is 0 Å². The van der Waals surface area contributed by atoms with Crippen LogP contribution >= 0.6 is 431 Å². The van der Waals surface area contributed by atoms with E-state index in [-0.39, 0.29) is 0 Å². The van der Waals surface area contributed by atoms with Gasteiger partial charge in [-0.25, -0.2) is 0 Å². The van der Waals surface area contributed by atoms with Crippen molar-refractivity contribution in [2.45, 2.75) is 0 Å². The molecule has 0 amide bonds. The van der Waals surface area contributed by atoms with Crippen LogP contribution in [0.4, 0.5) is 0 Å². The Bertz CT molecular complexity index is 1180. The first kappa shape index (κ1) is 156. The van der Waals surface area contributed by atoms with E-state index in [2.05, 4.69) is 290 Å². The predicted molar refractivity (Wildman–Crippen MR) is 671 cm³/mol. The van der Waals surface area contributed by atoms with Gasteiger partial charge in [0.1, 0.15) is 0 Å². The Morgan fingerprint density at radius 2 is 0.164 bits per heavy atom. The molecule has 48 heteroatoms. The van der Waals surface area contributed by atoms with Crippen molar-refractivity contribution < 1.29 is 61.6 Å². The minimum absolute atomic E-state index is 0.623. The van der Waals surface area contributed by atoms with E-state index < -0.39 is 0 Å². The molecule has 0 aromatic heterocycles. The molecular formula is C74H170O13S35. The topological polar surface area (TPSA) is 120 Å². The number of hydrogen-bond acceptors (Lipinski definition) is 48. The van der Waals surface area contributed by atoms with Crippen LogP contribution < -0.4 is 0 Å². The van der Waals surface area contributed by atoms with Gasteiger partial charge >= 0.3 is 0 Å². The fourth-order valence-corrected chi connectivity index (χ4v) is 21.0. The van der Waals surface area contributed by atoms with Gasteiger partial charge < -0.3 is 61.6 Å². The molecule has 0 radical (unpaired) electrons. The van der Waals surface area contributed by atoms with Crippen LogP contribution in [0.3, 0.4) is 0 Å². The van der Waals surface area contributed by atoms with Crippen LogP contribution in [0, 0.1) is 0 Å². The second kappa shape index (κ2) is 185. The standard InChI is InChI=1S/C8H18O3S2.2C8H18O2S3.2C8H18OS4.C8H18S5.C6H14O2S2.C6H14OS3.C6H14S4.C4H10OS2.C4H10S3/c12-7-5-10-3-1-9-2-4-11-6-8-13;11-5-1-9-3-7-13-8-4-10-2-6-12;11-5-3-9-1-2-10-4-7-13-8-6-12;10-3-7-12-5-1-9-2-6-13-8-4-11;10-3-1-9-2-5-12-7-8-13-6-4-11;9-1-3-11-5-7-13-8-6-12-4-2-10;9-5-3-7-1-2-8-4-6-10;8-3-1-7-2-5-10-6-4-9;7-1-3-9-5-6-10-4-2-8;6-3-1-5-2-4-7;5-1-3-7-4-2-6/h12-13H,1-8H2;2*11-12H,1-8H2;2*10-11H,1-8H2;9-10H,1-8H2;9-10H,1-6H2;8-9H,1-6H2;7-8H,1-6H2;6-7H,1-4H2;5-6H,1-4H2. The quantitative estimate of drug-likeness (QED) is 0.0209. The molecule has 0 rings (SSSR count). The monoisotopic (exact) mass is 2390 g/mol. The van der Waals surface area contributed by atoms with Crippen LogP contribution in [0.2, 0.25) is 0 Å². The normalized spacial score (nSPS) is 10.4. The molecule has 0 unspecified atom stereocenters. The SMILES string of the molecule is SCCOCCOCCOCCS.SCCOCCOCCS.SCCOCCOCCSCCS.SCCOCCS.SCCOCCSCCOCCS.SCCOCCSCCS.SCCOCCSCCSCCS.SCCSCCOCCSCCS.SCCSCCS.SCCSCCSCCS.SCCSCCSCCSCCS. The van der Waals surface area contributed by atoms with Gasteiger partial charge in [-0.05, 0) is 63.3 Å². The molecule has 0 fully saturated rings. The van der Waals surface area contributed by atoms with Gasteiger partial charge in [0, 0.05) is 213 Å². The lowest BCUT2D eigenvalue weighted by Gasteiger charge is -2.04. The van der Waals surface area contributed by atoms with Gasteiger partial charge in [-0.3, -0.25) is 0 Å². The molecule has 0 N–H and O–H groups in total. The van der Waals surface area contributed by atoms with E-state index in [9.17, 15) is 0 Å². The molecule has 0 aromatic carbocycles. The fourth-order valence-electron chi connectivity index (χ4n) is 5.84. The van der Waals surface area contributed by atoms with Gasteiger partial charge in [0.2, 0.25) is 0 Å². The first-order valence-electron chi connectivity index (χ1n) is 40.5. The highest BCUT2D eigenvalue weighted by Crippen LogP contribution is 2.12. The fraction of sp³-hybridized carbons (Fsp3) is 1.00. The smallest absolute Gasteiger partial charge is 0.0701 e. The molecule has 13 nitrogen and oxygen atoms in total. The van der Waals surface area contributed by atoms with Crippen molar-refractivity contribution in [2.24, 2.45) is 0 Å². The van der Waals surface area contributed by atoms with Crippen molar-refractivity contribution in [2.75, 3.05) is 448 Å². The van der Waals surface area contributed by atoms with Crippen LogP contribution in [0.5, 0.6) is 0 Å². The molecule has 0 atom stereocenters. The van der Waals surface area contributed by atoms with E-state index in [1.54, 1.807) is 0 Å². The van der Waals surface area contributed by atoms with E-state index >= 15 is 0 Å². The maximum atomic E-state index is 5.44. The lowest BCUT2D eigenvalue weighted by molar-refractivity contribution is 0.0206. The molecule has 0 aliphatic carbocycles.